The van der Waals surface area contributed by atoms with Crippen LogP contribution >= 0.6 is 11.6 Å². The van der Waals surface area contributed by atoms with Crippen LogP contribution in [0.5, 0.6) is 11.5 Å². The molecule has 27 heavy (non-hydrogen) atoms. The number of ether oxygens (including phenoxy) is 2. The molecule has 1 fully saturated rings. The molecular weight excluding hydrogens is 360 g/mol. The van der Waals surface area contributed by atoms with E-state index in [0.717, 1.165) is 29.9 Å². The van der Waals surface area contributed by atoms with E-state index in [0.29, 0.717) is 23.3 Å². The summed E-state index contributed by atoms with van der Waals surface area (Å²) < 4.78 is 10.8. The minimum atomic E-state index is -0.395. The lowest BCUT2D eigenvalue weighted by molar-refractivity contribution is 0.107. The summed E-state index contributed by atoms with van der Waals surface area (Å²) in [5.41, 5.74) is 4.31. The molecule has 2 aromatic carbocycles. The van der Waals surface area contributed by atoms with Gasteiger partial charge >= 0.3 is 0 Å². The van der Waals surface area contributed by atoms with E-state index in [9.17, 15) is 4.79 Å². The number of carbonyl (C=O) groups is 1. The van der Waals surface area contributed by atoms with E-state index in [1.54, 1.807) is 20.3 Å². The normalized spacial score (nSPS) is 23.9. The van der Waals surface area contributed by atoms with Crippen LogP contribution in [0.3, 0.4) is 0 Å². The van der Waals surface area contributed by atoms with Gasteiger partial charge in [0.25, 0.3) is 5.24 Å². The fourth-order valence-electron chi connectivity index (χ4n) is 5.13. The van der Waals surface area contributed by atoms with Gasteiger partial charge in [-0.25, -0.2) is 0 Å². The van der Waals surface area contributed by atoms with E-state index in [-0.39, 0.29) is 0 Å². The monoisotopic (exact) mass is 384 g/mol. The maximum Gasteiger partial charge on any atom is 0.252 e. The minimum Gasteiger partial charge on any atom is -0.497 e. The Bertz CT molecular complexity index is 843. The van der Waals surface area contributed by atoms with Gasteiger partial charge < -0.3 is 9.47 Å². The van der Waals surface area contributed by atoms with E-state index in [1.807, 2.05) is 12.1 Å². The summed E-state index contributed by atoms with van der Waals surface area (Å²) >= 11 is 5.97. The first-order valence-corrected chi connectivity index (χ1v) is 10.0. The molecule has 2 aromatic rings. The molecule has 0 aromatic heterocycles. The van der Waals surface area contributed by atoms with Gasteiger partial charge in [-0.2, -0.15) is 0 Å². The third-order valence-electron chi connectivity index (χ3n) is 6.41. The van der Waals surface area contributed by atoms with E-state index in [1.165, 1.54) is 30.4 Å². The molecule has 0 radical (unpaired) electrons. The van der Waals surface area contributed by atoms with Crippen LogP contribution in [0.4, 0.5) is 0 Å². The summed E-state index contributed by atoms with van der Waals surface area (Å²) in [6.45, 7) is 0. The highest BCUT2D eigenvalue weighted by atomic mass is 35.5. The third kappa shape index (κ3) is 3.34. The number of carbonyl (C=O) groups excluding carboxylic acids is 1. The lowest BCUT2D eigenvalue weighted by Crippen LogP contribution is -2.31. The Balaban J connectivity index is 1.82. The lowest BCUT2D eigenvalue weighted by Gasteiger charge is -2.43. The van der Waals surface area contributed by atoms with Crippen molar-refractivity contribution in [3.05, 3.63) is 58.7 Å². The predicted octanol–water partition coefficient (Wildman–Crippen LogP) is 5.70. The second kappa shape index (κ2) is 7.55. The number of rotatable bonds is 4. The number of hydrogen-bond acceptors (Lipinski definition) is 3. The molecule has 0 saturated heterocycles. The van der Waals surface area contributed by atoms with Crippen molar-refractivity contribution in [1.82, 2.24) is 0 Å². The van der Waals surface area contributed by atoms with Gasteiger partial charge in [-0.05, 0) is 89.6 Å². The average Bonchev–Trinajstić information content (AvgIpc) is 2.72. The first-order valence-electron chi connectivity index (χ1n) is 9.67. The smallest absolute Gasteiger partial charge is 0.252 e. The number of methoxy groups -OCH3 is 2. The highest BCUT2D eigenvalue weighted by Gasteiger charge is 2.40. The van der Waals surface area contributed by atoms with E-state index < -0.39 is 5.24 Å². The minimum absolute atomic E-state index is 0.395. The summed E-state index contributed by atoms with van der Waals surface area (Å²) in [5, 5.41) is -0.395. The van der Waals surface area contributed by atoms with Crippen molar-refractivity contribution < 1.29 is 14.3 Å². The Kier molecular flexibility index (Phi) is 5.14. The van der Waals surface area contributed by atoms with Crippen LogP contribution in [0.1, 0.15) is 64.6 Å². The van der Waals surface area contributed by atoms with Gasteiger partial charge in [0.15, 0.2) is 0 Å². The number of hydrogen-bond donors (Lipinski definition) is 0. The van der Waals surface area contributed by atoms with Crippen LogP contribution in [0.15, 0.2) is 36.4 Å². The van der Waals surface area contributed by atoms with Gasteiger partial charge in [-0.1, -0.05) is 25.0 Å². The fourth-order valence-corrected chi connectivity index (χ4v) is 5.30. The molecule has 0 aliphatic heterocycles. The lowest BCUT2D eigenvalue weighted by atomic mass is 9.61. The van der Waals surface area contributed by atoms with Gasteiger partial charge in [0.05, 0.1) is 14.2 Å². The van der Waals surface area contributed by atoms with Crippen LogP contribution in [0.25, 0.3) is 0 Å². The molecular formula is C23H25ClO3. The van der Waals surface area contributed by atoms with Gasteiger partial charge in [-0.3, -0.25) is 4.79 Å². The highest BCUT2D eigenvalue weighted by Crippen LogP contribution is 2.52. The van der Waals surface area contributed by atoms with Crippen molar-refractivity contribution >= 4 is 16.8 Å². The molecule has 3 atom stereocenters. The molecule has 2 aliphatic rings. The molecule has 0 unspecified atom stereocenters. The third-order valence-corrected chi connectivity index (χ3v) is 6.61. The summed E-state index contributed by atoms with van der Waals surface area (Å²) in [5.74, 6) is 3.04. The zero-order chi connectivity index (χ0) is 19.0. The zero-order valence-corrected chi connectivity index (χ0v) is 16.6. The van der Waals surface area contributed by atoms with Crippen LogP contribution in [-0.4, -0.2) is 19.5 Å². The Hall–Kier alpha value is -2.00. The molecule has 0 spiro atoms. The van der Waals surface area contributed by atoms with Crippen LogP contribution in [0.2, 0.25) is 0 Å². The highest BCUT2D eigenvalue weighted by molar-refractivity contribution is 6.68. The molecule has 2 aliphatic carbocycles. The number of benzene rings is 2. The van der Waals surface area contributed by atoms with Gasteiger partial charge in [0.1, 0.15) is 11.5 Å². The predicted molar refractivity (Wildman–Crippen MR) is 107 cm³/mol. The Morgan fingerprint density at radius 3 is 2.33 bits per heavy atom. The zero-order valence-electron chi connectivity index (χ0n) is 15.8. The van der Waals surface area contributed by atoms with E-state index >= 15 is 0 Å². The van der Waals surface area contributed by atoms with Crippen LogP contribution in [-0.2, 0) is 6.42 Å². The summed E-state index contributed by atoms with van der Waals surface area (Å²) in [7, 11) is 3.33. The number of halogens is 1. The topological polar surface area (TPSA) is 35.5 Å². The first kappa shape index (κ1) is 18.4. The van der Waals surface area contributed by atoms with Crippen molar-refractivity contribution in [2.45, 2.75) is 43.9 Å². The first-order chi connectivity index (χ1) is 13.1. The van der Waals surface area contributed by atoms with Gasteiger partial charge in [0.2, 0.25) is 0 Å². The fraction of sp³-hybridized carbons (Fsp3) is 0.435. The molecule has 3 nitrogen and oxygen atoms in total. The molecule has 0 bridgehead atoms. The standard InChI is InChI=1S/C23H25ClO3/c1-26-15-9-7-14(8-10-15)19-13-21-20(18-6-4-3-5-17(18)19)11-16(27-2)12-22(21)23(24)25/h7-12,17-19H,3-6,13H2,1-2H3/t17-,18+,19-/m0/s1. The van der Waals surface area contributed by atoms with E-state index in [4.69, 9.17) is 21.1 Å². The SMILES string of the molecule is COc1ccc([C@@H]2Cc3c(C(=O)Cl)cc(OC)cc3[C@@H]3CCCC[C@H]23)cc1. The Labute approximate surface area is 165 Å². The van der Waals surface area contributed by atoms with Crippen LogP contribution < -0.4 is 9.47 Å². The summed E-state index contributed by atoms with van der Waals surface area (Å²) in [6, 6.07) is 12.3. The van der Waals surface area contributed by atoms with Crippen molar-refractivity contribution in [2.75, 3.05) is 14.2 Å². The Morgan fingerprint density at radius 1 is 0.963 bits per heavy atom. The molecule has 4 heteroatoms. The van der Waals surface area contributed by atoms with Crippen molar-refractivity contribution in [1.29, 1.82) is 0 Å². The van der Waals surface area contributed by atoms with Crippen molar-refractivity contribution in [2.24, 2.45) is 5.92 Å². The maximum absolute atomic E-state index is 12.2. The summed E-state index contributed by atoms with van der Waals surface area (Å²) in [4.78, 5) is 12.2. The van der Waals surface area contributed by atoms with Crippen molar-refractivity contribution in [3.8, 4) is 11.5 Å². The number of fused-ring (bicyclic) bond motifs is 3. The second-order valence-corrected chi connectivity index (χ2v) is 8.00. The molecule has 4 rings (SSSR count). The van der Waals surface area contributed by atoms with Gasteiger partial charge in [0, 0.05) is 5.56 Å². The van der Waals surface area contributed by atoms with Crippen molar-refractivity contribution in [3.63, 3.8) is 0 Å². The Morgan fingerprint density at radius 2 is 1.67 bits per heavy atom. The molecule has 0 N–H and O–H groups in total. The summed E-state index contributed by atoms with van der Waals surface area (Å²) in [6.07, 6.45) is 5.74. The molecule has 0 heterocycles. The van der Waals surface area contributed by atoms with Gasteiger partial charge in [-0.15, -0.1) is 0 Å². The molecule has 0 amide bonds. The quantitative estimate of drug-likeness (QED) is 0.634. The van der Waals surface area contributed by atoms with Crippen LogP contribution in [0, 0.1) is 5.92 Å². The molecule has 142 valence electrons. The largest absolute Gasteiger partial charge is 0.497 e. The second-order valence-electron chi connectivity index (χ2n) is 7.66. The maximum atomic E-state index is 12.2. The average molecular weight is 385 g/mol. The van der Waals surface area contributed by atoms with E-state index in [2.05, 4.69) is 18.2 Å². The molecule has 1 saturated carbocycles.